The summed E-state index contributed by atoms with van der Waals surface area (Å²) in [6.45, 7) is 3.73. The van der Waals surface area contributed by atoms with Crippen LogP contribution >= 0.6 is 0 Å². The second kappa shape index (κ2) is 9.20. The van der Waals surface area contributed by atoms with E-state index in [-0.39, 0.29) is 5.91 Å². The number of methoxy groups -OCH3 is 1. The molecule has 1 aromatic heterocycles. The first kappa shape index (κ1) is 18.2. The number of aromatic nitrogens is 1. The van der Waals surface area contributed by atoms with Crippen molar-refractivity contribution in [3.05, 3.63) is 48.2 Å². The van der Waals surface area contributed by atoms with Gasteiger partial charge in [-0.3, -0.25) is 4.79 Å². The fraction of sp³-hybridized carbons (Fsp3) is 0.400. The lowest BCUT2D eigenvalue weighted by Crippen LogP contribution is -2.17. The Labute approximate surface area is 154 Å². The molecule has 3 rings (SSSR count). The van der Waals surface area contributed by atoms with Crippen molar-refractivity contribution in [1.29, 1.82) is 0 Å². The highest BCUT2D eigenvalue weighted by molar-refractivity contribution is 6.04. The Balaban J connectivity index is 1.52. The largest absolute Gasteiger partial charge is 0.385 e. The lowest BCUT2D eigenvalue weighted by Gasteiger charge is -2.17. The number of benzene rings is 1. The number of rotatable bonds is 8. The first-order chi connectivity index (χ1) is 12.8. The van der Waals surface area contributed by atoms with Gasteiger partial charge in [-0.2, -0.15) is 0 Å². The highest BCUT2D eigenvalue weighted by atomic mass is 16.5. The number of hydrogen-bond donors (Lipinski definition) is 2. The van der Waals surface area contributed by atoms with E-state index in [4.69, 9.17) is 4.74 Å². The summed E-state index contributed by atoms with van der Waals surface area (Å²) in [5, 5.41) is 6.12. The Morgan fingerprint density at radius 3 is 2.58 bits per heavy atom. The first-order valence-corrected chi connectivity index (χ1v) is 9.11. The standard InChI is InChI=1S/C20H26N4O2/c1-26-14-4-11-21-19-10-5-16(15-22-19)20(25)23-17-6-8-18(9-7-17)24-12-2-3-13-24/h5-10,15H,2-4,11-14H2,1H3,(H,21,22)(H,23,25). The number of carbonyl (C=O) groups excluding carboxylic acids is 1. The number of pyridine rings is 1. The molecule has 0 aliphatic carbocycles. The van der Waals surface area contributed by atoms with Crippen LogP contribution in [0.2, 0.25) is 0 Å². The average molecular weight is 354 g/mol. The average Bonchev–Trinajstić information content (AvgIpc) is 3.21. The highest BCUT2D eigenvalue weighted by Gasteiger charge is 2.12. The van der Waals surface area contributed by atoms with Crippen LogP contribution in [0.3, 0.4) is 0 Å². The summed E-state index contributed by atoms with van der Waals surface area (Å²) in [4.78, 5) is 19.0. The number of anilines is 3. The van der Waals surface area contributed by atoms with Crippen molar-refractivity contribution in [2.75, 3.05) is 48.9 Å². The summed E-state index contributed by atoms with van der Waals surface area (Å²) in [5.41, 5.74) is 2.54. The molecule has 0 radical (unpaired) electrons. The third-order valence-corrected chi connectivity index (χ3v) is 4.45. The van der Waals surface area contributed by atoms with E-state index in [9.17, 15) is 4.79 Å². The number of amides is 1. The smallest absolute Gasteiger partial charge is 0.257 e. The predicted octanol–water partition coefficient (Wildman–Crippen LogP) is 3.38. The summed E-state index contributed by atoms with van der Waals surface area (Å²) >= 11 is 0. The molecule has 2 aromatic rings. The SMILES string of the molecule is COCCCNc1ccc(C(=O)Nc2ccc(N3CCCC3)cc2)cn1. The Bertz CT molecular complexity index is 695. The van der Waals surface area contributed by atoms with Crippen molar-refractivity contribution in [2.45, 2.75) is 19.3 Å². The quantitative estimate of drug-likeness (QED) is 0.712. The molecule has 1 aliphatic rings. The first-order valence-electron chi connectivity index (χ1n) is 9.11. The molecule has 1 amide bonds. The summed E-state index contributed by atoms with van der Waals surface area (Å²) in [7, 11) is 1.69. The molecule has 2 N–H and O–H groups in total. The van der Waals surface area contributed by atoms with Gasteiger partial charge in [-0.25, -0.2) is 4.98 Å². The van der Waals surface area contributed by atoms with Gasteiger partial charge in [-0.1, -0.05) is 0 Å². The summed E-state index contributed by atoms with van der Waals surface area (Å²) in [6.07, 6.45) is 5.01. The molecule has 1 fully saturated rings. The van der Waals surface area contributed by atoms with E-state index in [0.717, 1.165) is 37.6 Å². The Kier molecular flexibility index (Phi) is 6.44. The van der Waals surface area contributed by atoms with E-state index in [1.54, 1.807) is 19.4 Å². The monoisotopic (exact) mass is 354 g/mol. The van der Waals surface area contributed by atoms with Gasteiger partial charge in [0.15, 0.2) is 0 Å². The zero-order valence-corrected chi connectivity index (χ0v) is 15.2. The maximum atomic E-state index is 12.4. The van der Waals surface area contributed by atoms with Crippen LogP contribution in [0.15, 0.2) is 42.6 Å². The second-order valence-corrected chi connectivity index (χ2v) is 6.40. The van der Waals surface area contributed by atoms with E-state index >= 15 is 0 Å². The third-order valence-electron chi connectivity index (χ3n) is 4.45. The molecule has 2 heterocycles. The highest BCUT2D eigenvalue weighted by Crippen LogP contribution is 2.22. The molecule has 26 heavy (non-hydrogen) atoms. The van der Waals surface area contributed by atoms with Crippen LogP contribution in [0, 0.1) is 0 Å². The van der Waals surface area contributed by atoms with Crippen molar-refractivity contribution in [3.63, 3.8) is 0 Å². The predicted molar refractivity (Wildman–Crippen MR) is 105 cm³/mol. The van der Waals surface area contributed by atoms with E-state index in [0.29, 0.717) is 12.2 Å². The van der Waals surface area contributed by atoms with Crippen molar-refractivity contribution in [3.8, 4) is 0 Å². The van der Waals surface area contributed by atoms with E-state index in [1.165, 1.54) is 18.5 Å². The minimum atomic E-state index is -0.155. The molecular weight excluding hydrogens is 328 g/mol. The van der Waals surface area contributed by atoms with Gasteiger partial charge in [-0.15, -0.1) is 0 Å². The van der Waals surface area contributed by atoms with Crippen LogP contribution < -0.4 is 15.5 Å². The molecule has 0 atom stereocenters. The van der Waals surface area contributed by atoms with Gasteiger partial charge in [-0.05, 0) is 55.7 Å². The molecule has 0 bridgehead atoms. The minimum absolute atomic E-state index is 0.155. The van der Waals surface area contributed by atoms with Crippen molar-refractivity contribution < 1.29 is 9.53 Å². The number of carbonyl (C=O) groups is 1. The van der Waals surface area contributed by atoms with E-state index < -0.39 is 0 Å². The van der Waals surface area contributed by atoms with Gasteiger partial charge in [0.25, 0.3) is 5.91 Å². The lowest BCUT2D eigenvalue weighted by molar-refractivity contribution is 0.102. The topological polar surface area (TPSA) is 66.5 Å². The zero-order valence-electron chi connectivity index (χ0n) is 15.2. The lowest BCUT2D eigenvalue weighted by atomic mass is 10.2. The number of hydrogen-bond acceptors (Lipinski definition) is 5. The molecule has 1 aromatic carbocycles. The molecule has 0 saturated carbocycles. The Hall–Kier alpha value is -2.60. The van der Waals surface area contributed by atoms with Gasteiger partial charge in [0.2, 0.25) is 0 Å². The molecule has 1 aliphatic heterocycles. The Morgan fingerprint density at radius 2 is 1.92 bits per heavy atom. The molecule has 6 nitrogen and oxygen atoms in total. The van der Waals surface area contributed by atoms with E-state index in [2.05, 4.69) is 32.7 Å². The van der Waals surface area contributed by atoms with Gasteiger partial charge < -0.3 is 20.3 Å². The zero-order chi connectivity index (χ0) is 18.2. The van der Waals surface area contributed by atoms with Crippen LogP contribution in [0.25, 0.3) is 0 Å². The van der Waals surface area contributed by atoms with Gasteiger partial charge in [0, 0.05) is 50.9 Å². The normalized spacial score (nSPS) is 13.7. The number of nitrogens with zero attached hydrogens (tertiary/aromatic N) is 2. The van der Waals surface area contributed by atoms with Gasteiger partial charge in [0.05, 0.1) is 5.56 Å². The van der Waals surface area contributed by atoms with Crippen molar-refractivity contribution in [1.82, 2.24) is 4.98 Å². The molecule has 138 valence electrons. The van der Waals surface area contributed by atoms with Gasteiger partial charge >= 0.3 is 0 Å². The van der Waals surface area contributed by atoms with Crippen molar-refractivity contribution >= 4 is 23.1 Å². The minimum Gasteiger partial charge on any atom is -0.385 e. The molecule has 0 spiro atoms. The van der Waals surface area contributed by atoms with Crippen LogP contribution in [0.4, 0.5) is 17.2 Å². The molecule has 1 saturated heterocycles. The summed E-state index contributed by atoms with van der Waals surface area (Å²) < 4.78 is 5.01. The fourth-order valence-corrected chi connectivity index (χ4v) is 3.00. The van der Waals surface area contributed by atoms with Crippen molar-refractivity contribution in [2.24, 2.45) is 0 Å². The molecule has 0 unspecified atom stereocenters. The maximum absolute atomic E-state index is 12.4. The van der Waals surface area contributed by atoms with Crippen LogP contribution in [-0.2, 0) is 4.74 Å². The van der Waals surface area contributed by atoms with E-state index in [1.807, 2.05) is 18.2 Å². The third kappa shape index (κ3) is 4.95. The maximum Gasteiger partial charge on any atom is 0.257 e. The van der Waals surface area contributed by atoms with Crippen LogP contribution in [0.1, 0.15) is 29.6 Å². The molecular formula is C20H26N4O2. The Morgan fingerprint density at radius 1 is 1.15 bits per heavy atom. The summed E-state index contributed by atoms with van der Waals surface area (Å²) in [5.74, 6) is 0.602. The molecule has 6 heteroatoms. The number of ether oxygens (including phenoxy) is 1. The fourth-order valence-electron chi connectivity index (χ4n) is 3.00. The summed E-state index contributed by atoms with van der Waals surface area (Å²) in [6, 6.07) is 11.6. The van der Waals surface area contributed by atoms with Crippen LogP contribution in [0.5, 0.6) is 0 Å². The number of nitrogens with one attached hydrogen (secondary N) is 2. The van der Waals surface area contributed by atoms with Gasteiger partial charge in [0.1, 0.15) is 5.82 Å². The second-order valence-electron chi connectivity index (χ2n) is 6.40. The van der Waals surface area contributed by atoms with Crippen LogP contribution in [-0.4, -0.2) is 44.2 Å².